The van der Waals surface area contributed by atoms with Gasteiger partial charge in [0.05, 0.1) is 27.0 Å². The number of nitrogens with zero attached hydrogens (tertiary/aromatic N) is 3. The predicted molar refractivity (Wildman–Crippen MR) is 119 cm³/mol. The first-order valence-corrected chi connectivity index (χ1v) is 10.3. The van der Waals surface area contributed by atoms with E-state index in [1.165, 1.54) is 12.1 Å². The van der Waals surface area contributed by atoms with Crippen LogP contribution in [0.5, 0.6) is 0 Å². The number of halogens is 3. The molecule has 3 aromatic carbocycles. The minimum atomic E-state index is -4.40. The molecule has 9 nitrogen and oxygen atoms in total. The number of hydrogen-bond donors (Lipinski definition) is 1. The van der Waals surface area contributed by atoms with E-state index in [4.69, 9.17) is 0 Å². The molecule has 1 amide bonds. The van der Waals surface area contributed by atoms with Gasteiger partial charge in [-0.25, -0.2) is 0 Å². The summed E-state index contributed by atoms with van der Waals surface area (Å²) in [4.78, 5) is 34.8. The number of amides is 1. The average molecular weight is 486 g/mol. The minimum Gasteiger partial charge on any atom is -0.363 e. The van der Waals surface area contributed by atoms with E-state index in [0.717, 1.165) is 47.0 Å². The number of hydrogen-bond acceptors (Lipinski definition) is 6. The highest BCUT2D eigenvalue weighted by Gasteiger charge is 2.30. The number of nitro groups is 2. The van der Waals surface area contributed by atoms with E-state index in [1.54, 1.807) is 6.07 Å². The fourth-order valence-electron chi connectivity index (χ4n) is 3.82. The summed E-state index contributed by atoms with van der Waals surface area (Å²) < 4.78 is 38.4. The number of nitrogens with one attached hydrogen (secondary N) is 1. The maximum Gasteiger partial charge on any atom is 0.416 e. The van der Waals surface area contributed by atoms with Crippen molar-refractivity contribution in [3.05, 3.63) is 109 Å². The van der Waals surface area contributed by atoms with E-state index in [1.807, 2.05) is 17.0 Å². The van der Waals surface area contributed by atoms with Crippen molar-refractivity contribution in [3.63, 3.8) is 0 Å². The fraction of sp³-hybridized carbons (Fsp3) is 0.174. The molecule has 0 atom stereocenters. The first-order chi connectivity index (χ1) is 16.5. The van der Waals surface area contributed by atoms with E-state index in [9.17, 15) is 38.2 Å². The monoisotopic (exact) mass is 486 g/mol. The molecule has 180 valence electrons. The van der Waals surface area contributed by atoms with Crippen LogP contribution in [0.2, 0.25) is 0 Å². The van der Waals surface area contributed by atoms with Crippen LogP contribution in [0.4, 0.5) is 30.2 Å². The highest BCUT2D eigenvalue weighted by atomic mass is 19.4. The maximum absolute atomic E-state index is 12.8. The van der Waals surface area contributed by atoms with Gasteiger partial charge in [-0.2, -0.15) is 13.2 Å². The molecule has 4 rings (SSSR count). The van der Waals surface area contributed by atoms with Gasteiger partial charge in [0.15, 0.2) is 0 Å². The lowest BCUT2D eigenvalue weighted by Crippen LogP contribution is -2.23. The molecule has 1 aliphatic heterocycles. The molecule has 35 heavy (non-hydrogen) atoms. The summed E-state index contributed by atoms with van der Waals surface area (Å²) in [6, 6.07) is 13.1. The molecule has 0 aromatic heterocycles. The van der Waals surface area contributed by atoms with Crippen molar-refractivity contribution in [3.8, 4) is 0 Å². The summed E-state index contributed by atoms with van der Waals surface area (Å²) >= 11 is 0. The van der Waals surface area contributed by atoms with Gasteiger partial charge in [0.1, 0.15) is 0 Å². The SMILES string of the molecule is O=C(NCc1ccc2c(c1)CN(c1ccc(C(F)(F)F)cc1)C2)c1cc([N+](=O)[O-])cc([N+](=O)[O-])c1. The molecule has 0 radical (unpaired) electrons. The van der Waals surface area contributed by atoms with Gasteiger partial charge < -0.3 is 10.2 Å². The van der Waals surface area contributed by atoms with Crippen LogP contribution in [0.1, 0.15) is 32.6 Å². The van der Waals surface area contributed by atoms with Crippen molar-refractivity contribution in [1.29, 1.82) is 0 Å². The Morgan fingerprint density at radius 1 is 0.886 bits per heavy atom. The molecule has 0 saturated heterocycles. The largest absolute Gasteiger partial charge is 0.416 e. The van der Waals surface area contributed by atoms with E-state index in [-0.39, 0.29) is 12.1 Å². The van der Waals surface area contributed by atoms with Crippen molar-refractivity contribution in [2.75, 3.05) is 4.90 Å². The first kappa shape index (κ1) is 23.7. The Hall–Kier alpha value is -4.48. The van der Waals surface area contributed by atoms with Crippen LogP contribution in [0.3, 0.4) is 0 Å². The average Bonchev–Trinajstić information content (AvgIpc) is 3.25. The highest BCUT2D eigenvalue weighted by Crippen LogP contribution is 2.33. The Balaban J connectivity index is 1.44. The Labute approximate surface area is 196 Å². The Morgan fingerprint density at radius 3 is 2.06 bits per heavy atom. The molecule has 0 aliphatic carbocycles. The second kappa shape index (κ2) is 9.05. The van der Waals surface area contributed by atoms with Crippen molar-refractivity contribution in [1.82, 2.24) is 5.32 Å². The summed E-state index contributed by atoms with van der Waals surface area (Å²) in [6.07, 6.45) is -4.40. The summed E-state index contributed by atoms with van der Waals surface area (Å²) in [6.45, 7) is 1.06. The van der Waals surface area contributed by atoms with Crippen molar-refractivity contribution >= 4 is 23.0 Å². The molecule has 1 heterocycles. The zero-order valence-corrected chi connectivity index (χ0v) is 17.9. The lowest BCUT2D eigenvalue weighted by molar-refractivity contribution is -0.394. The van der Waals surface area contributed by atoms with E-state index >= 15 is 0 Å². The summed E-state index contributed by atoms with van der Waals surface area (Å²) in [5.41, 5.74) is 1.26. The second-order valence-corrected chi connectivity index (χ2v) is 7.94. The highest BCUT2D eigenvalue weighted by molar-refractivity contribution is 5.95. The molecule has 12 heteroatoms. The number of anilines is 1. The third kappa shape index (κ3) is 5.21. The van der Waals surface area contributed by atoms with Crippen molar-refractivity contribution < 1.29 is 27.8 Å². The molecule has 0 unspecified atom stereocenters. The maximum atomic E-state index is 12.8. The number of carbonyl (C=O) groups is 1. The standard InChI is InChI=1S/C23H17F3N4O5/c24-23(25,26)18-3-5-19(6-4-18)28-12-15-2-1-14(7-17(15)13-28)11-27-22(31)16-8-20(29(32)33)10-21(9-16)30(34)35/h1-10H,11-13H2,(H,27,31). The molecular formula is C23H17F3N4O5. The normalized spacial score (nSPS) is 12.8. The number of alkyl halides is 3. The predicted octanol–water partition coefficient (Wildman–Crippen LogP) is 4.97. The minimum absolute atomic E-state index is 0.0723. The molecule has 0 spiro atoms. The topological polar surface area (TPSA) is 119 Å². The van der Waals surface area contributed by atoms with Gasteiger partial charge in [-0.1, -0.05) is 18.2 Å². The Morgan fingerprint density at radius 2 is 1.49 bits per heavy atom. The van der Waals surface area contributed by atoms with Gasteiger partial charge in [-0.3, -0.25) is 25.0 Å². The summed E-state index contributed by atoms with van der Waals surface area (Å²) in [5, 5.41) is 24.6. The van der Waals surface area contributed by atoms with Crippen LogP contribution in [-0.4, -0.2) is 15.8 Å². The number of non-ortho nitro benzene ring substituents is 2. The quantitative estimate of drug-likeness (QED) is 0.388. The summed E-state index contributed by atoms with van der Waals surface area (Å²) in [7, 11) is 0. The molecule has 0 bridgehead atoms. The van der Waals surface area contributed by atoms with Crippen LogP contribution < -0.4 is 10.2 Å². The summed E-state index contributed by atoms with van der Waals surface area (Å²) in [5.74, 6) is -0.705. The van der Waals surface area contributed by atoms with Gasteiger partial charge >= 0.3 is 6.18 Å². The molecule has 0 fully saturated rings. The van der Waals surface area contributed by atoms with Gasteiger partial charge in [-0.15, -0.1) is 0 Å². The van der Waals surface area contributed by atoms with Gasteiger partial charge in [0.2, 0.25) is 0 Å². The van der Waals surface area contributed by atoms with Gasteiger partial charge in [-0.05, 0) is 41.0 Å². The fourth-order valence-corrected chi connectivity index (χ4v) is 3.82. The van der Waals surface area contributed by atoms with Gasteiger partial charge in [0, 0.05) is 37.5 Å². The number of rotatable bonds is 6. The van der Waals surface area contributed by atoms with Crippen molar-refractivity contribution in [2.45, 2.75) is 25.8 Å². The van der Waals surface area contributed by atoms with E-state index in [2.05, 4.69) is 5.32 Å². The van der Waals surface area contributed by atoms with Crippen LogP contribution in [0, 0.1) is 20.2 Å². The number of nitro benzene ring substituents is 2. The number of carbonyl (C=O) groups excluding carboxylic acids is 1. The zero-order valence-electron chi connectivity index (χ0n) is 17.9. The van der Waals surface area contributed by atoms with E-state index in [0.29, 0.717) is 18.8 Å². The molecular weight excluding hydrogens is 469 g/mol. The van der Waals surface area contributed by atoms with Crippen molar-refractivity contribution in [2.24, 2.45) is 0 Å². The van der Waals surface area contributed by atoms with E-state index < -0.39 is 38.9 Å². The van der Waals surface area contributed by atoms with Crippen LogP contribution in [0.25, 0.3) is 0 Å². The molecule has 1 N–H and O–H groups in total. The first-order valence-electron chi connectivity index (χ1n) is 10.3. The van der Waals surface area contributed by atoms with Crippen LogP contribution in [-0.2, 0) is 25.8 Å². The third-order valence-corrected chi connectivity index (χ3v) is 5.59. The van der Waals surface area contributed by atoms with Gasteiger partial charge in [0.25, 0.3) is 17.3 Å². The van der Waals surface area contributed by atoms with Crippen LogP contribution in [0.15, 0.2) is 60.7 Å². The Bertz CT molecular complexity index is 1290. The third-order valence-electron chi connectivity index (χ3n) is 5.59. The lowest BCUT2D eigenvalue weighted by Gasteiger charge is -2.18. The molecule has 3 aromatic rings. The molecule has 1 aliphatic rings. The second-order valence-electron chi connectivity index (χ2n) is 7.94. The zero-order chi connectivity index (χ0) is 25.3. The molecule has 0 saturated carbocycles. The van der Waals surface area contributed by atoms with Crippen LogP contribution >= 0.6 is 0 Å². The number of fused-ring (bicyclic) bond motifs is 1. The smallest absolute Gasteiger partial charge is 0.363 e. The number of benzene rings is 3. The Kier molecular flexibility index (Phi) is 6.12. The lowest BCUT2D eigenvalue weighted by atomic mass is 10.1.